The van der Waals surface area contributed by atoms with Crippen LogP contribution < -0.4 is 5.32 Å². The average molecular weight is 459 g/mol. The minimum atomic E-state index is -0.437. The van der Waals surface area contributed by atoms with Gasteiger partial charge in [0.1, 0.15) is 5.25 Å². The van der Waals surface area contributed by atoms with Crippen molar-refractivity contribution in [2.45, 2.75) is 35.8 Å². The normalized spacial score (nSPS) is 14.3. The second-order valence-corrected chi connectivity index (χ2v) is 8.94. The highest BCUT2D eigenvalue weighted by molar-refractivity contribution is 8.00. The summed E-state index contributed by atoms with van der Waals surface area (Å²) >= 11 is 13.8. The number of carbonyl (C=O) groups is 1. The van der Waals surface area contributed by atoms with Crippen LogP contribution in [0.25, 0.3) is 11.4 Å². The van der Waals surface area contributed by atoms with Gasteiger partial charge in [-0.2, -0.15) is 0 Å². The number of hydrogen-bond acceptors (Lipinski definition) is 4. The number of hydrogen-bond donors (Lipinski definition) is 1. The summed E-state index contributed by atoms with van der Waals surface area (Å²) in [5.41, 5.74) is 1.64. The molecule has 1 saturated carbocycles. The molecule has 0 aliphatic heterocycles. The molecule has 2 aromatic carbocycles. The molecule has 4 rings (SSSR count). The van der Waals surface area contributed by atoms with Crippen molar-refractivity contribution in [3.63, 3.8) is 0 Å². The number of allylic oxidation sites excluding steroid dienone is 1. The molecule has 1 N–H and O–H groups in total. The highest BCUT2D eigenvalue weighted by atomic mass is 35.5. The minimum Gasteiger partial charge on any atom is -0.352 e. The van der Waals surface area contributed by atoms with E-state index < -0.39 is 5.25 Å². The number of benzene rings is 2. The molecule has 3 aromatic rings. The Morgan fingerprint density at radius 3 is 2.67 bits per heavy atom. The molecule has 1 aliphatic carbocycles. The van der Waals surface area contributed by atoms with E-state index in [1.807, 2.05) is 41.0 Å². The Kier molecular flexibility index (Phi) is 6.46. The van der Waals surface area contributed by atoms with Gasteiger partial charge in [-0.05, 0) is 36.6 Å². The Bertz CT molecular complexity index is 1070. The lowest BCUT2D eigenvalue weighted by Crippen LogP contribution is -2.30. The molecule has 1 atom stereocenters. The van der Waals surface area contributed by atoms with Crippen LogP contribution in [0, 0.1) is 0 Å². The van der Waals surface area contributed by atoms with Crippen LogP contribution in [-0.4, -0.2) is 26.7 Å². The molecular formula is C22H20Cl2N4OS. The van der Waals surface area contributed by atoms with Gasteiger partial charge in [-0.25, -0.2) is 0 Å². The fourth-order valence-electron chi connectivity index (χ4n) is 3.05. The number of thioether (sulfide) groups is 1. The third-order valence-corrected chi connectivity index (χ3v) is 6.47. The van der Waals surface area contributed by atoms with E-state index in [-0.39, 0.29) is 11.9 Å². The van der Waals surface area contributed by atoms with Gasteiger partial charge in [-0.3, -0.25) is 9.36 Å². The molecule has 30 heavy (non-hydrogen) atoms. The van der Waals surface area contributed by atoms with Gasteiger partial charge in [0, 0.05) is 23.2 Å². The van der Waals surface area contributed by atoms with Gasteiger partial charge < -0.3 is 5.32 Å². The predicted octanol–water partition coefficient (Wildman–Crippen LogP) is 5.55. The standard InChI is InChI=1S/C22H20Cl2N4OS/c1-2-12-28-20(17-11-8-15(23)13-18(17)24)26-27-22(28)30-19(14-6-4-3-5-7-14)21(29)25-16-9-10-16/h2-8,11,13,16,19H,1,9-10,12H2,(H,25,29)/t19-/m1/s1. The molecule has 1 fully saturated rings. The van der Waals surface area contributed by atoms with Gasteiger partial charge in [0.05, 0.1) is 5.02 Å². The van der Waals surface area contributed by atoms with Crippen molar-refractivity contribution in [1.29, 1.82) is 0 Å². The quantitative estimate of drug-likeness (QED) is 0.355. The van der Waals surface area contributed by atoms with Crippen molar-refractivity contribution in [2.24, 2.45) is 0 Å². The van der Waals surface area contributed by atoms with Gasteiger partial charge in [0.2, 0.25) is 5.91 Å². The second kappa shape index (κ2) is 9.25. The van der Waals surface area contributed by atoms with E-state index in [0.29, 0.717) is 27.6 Å². The van der Waals surface area contributed by atoms with E-state index in [1.54, 1.807) is 18.2 Å². The first kappa shape index (κ1) is 21.0. The SMILES string of the molecule is C=CCn1c(S[C@@H](C(=O)NC2CC2)c2ccccc2)nnc1-c1ccc(Cl)cc1Cl. The average Bonchev–Trinajstić information content (AvgIpc) is 3.47. The number of rotatable bonds is 8. The molecule has 5 nitrogen and oxygen atoms in total. The summed E-state index contributed by atoms with van der Waals surface area (Å²) in [6.45, 7) is 4.33. The number of aromatic nitrogens is 3. The Balaban J connectivity index is 1.70. The number of carbonyl (C=O) groups excluding carboxylic acids is 1. The molecule has 0 bridgehead atoms. The number of nitrogens with one attached hydrogen (secondary N) is 1. The second-order valence-electron chi connectivity index (χ2n) is 7.02. The zero-order valence-corrected chi connectivity index (χ0v) is 18.4. The monoisotopic (exact) mass is 458 g/mol. The van der Waals surface area contributed by atoms with Gasteiger partial charge in [-0.1, -0.05) is 71.4 Å². The third kappa shape index (κ3) is 4.72. The van der Waals surface area contributed by atoms with Crippen LogP contribution in [0.3, 0.4) is 0 Å². The third-order valence-electron chi connectivity index (χ3n) is 4.69. The van der Waals surface area contributed by atoms with E-state index in [9.17, 15) is 4.79 Å². The minimum absolute atomic E-state index is 0.0204. The van der Waals surface area contributed by atoms with Crippen LogP contribution in [0.2, 0.25) is 10.0 Å². The maximum atomic E-state index is 13.0. The molecule has 0 radical (unpaired) electrons. The Morgan fingerprint density at radius 1 is 1.23 bits per heavy atom. The Labute approximate surface area is 189 Å². The van der Waals surface area contributed by atoms with Crippen molar-refractivity contribution in [2.75, 3.05) is 0 Å². The first-order valence-corrected chi connectivity index (χ1v) is 11.2. The maximum absolute atomic E-state index is 13.0. The fourth-order valence-corrected chi connectivity index (χ4v) is 4.60. The largest absolute Gasteiger partial charge is 0.352 e. The lowest BCUT2D eigenvalue weighted by molar-refractivity contribution is -0.120. The zero-order valence-electron chi connectivity index (χ0n) is 16.1. The molecule has 1 aromatic heterocycles. The summed E-state index contributed by atoms with van der Waals surface area (Å²) in [6.07, 6.45) is 3.83. The van der Waals surface area contributed by atoms with Crippen LogP contribution in [0.1, 0.15) is 23.7 Å². The Hall–Kier alpha value is -2.28. The first-order valence-electron chi connectivity index (χ1n) is 9.58. The number of amides is 1. The molecule has 1 heterocycles. The molecule has 0 saturated heterocycles. The summed E-state index contributed by atoms with van der Waals surface area (Å²) in [5.74, 6) is 0.585. The molecule has 8 heteroatoms. The summed E-state index contributed by atoms with van der Waals surface area (Å²) in [4.78, 5) is 13.0. The number of halogens is 2. The van der Waals surface area contributed by atoms with E-state index in [2.05, 4.69) is 22.1 Å². The van der Waals surface area contributed by atoms with Crippen LogP contribution in [0.5, 0.6) is 0 Å². The van der Waals surface area contributed by atoms with Gasteiger partial charge >= 0.3 is 0 Å². The zero-order chi connectivity index (χ0) is 21.1. The number of nitrogens with zero attached hydrogens (tertiary/aromatic N) is 3. The molecule has 0 spiro atoms. The lowest BCUT2D eigenvalue weighted by Gasteiger charge is -2.17. The highest BCUT2D eigenvalue weighted by Crippen LogP contribution is 2.38. The summed E-state index contributed by atoms with van der Waals surface area (Å²) < 4.78 is 1.91. The van der Waals surface area contributed by atoms with Crippen LogP contribution >= 0.6 is 35.0 Å². The van der Waals surface area contributed by atoms with E-state index >= 15 is 0 Å². The maximum Gasteiger partial charge on any atom is 0.238 e. The Morgan fingerprint density at radius 2 is 2.00 bits per heavy atom. The molecular weight excluding hydrogens is 439 g/mol. The highest BCUT2D eigenvalue weighted by Gasteiger charge is 2.30. The molecule has 0 unspecified atom stereocenters. The predicted molar refractivity (Wildman–Crippen MR) is 122 cm³/mol. The summed E-state index contributed by atoms with van der Waals surface area (Å²) in [7, 11) is 0. The van der Waals surface area contributed by atoms with Crippen LogP contribution in [-0.2, 0) is 11.3 Å². The summed E-state index contributed by atoms with van der Waals surface area (Å²) in [5, 5.41) is 13.1. The van der Waals surface area contributed by atoms with Crippen molar-refractivity contribution < 1.29 is 4.79 Å². The smallest absolute Gasteiger partial charge is 0.238 e. The first-order chi connectivity index (χ1) is 14.6. The molecule has 154 valence electrons. The topological polar surface area (TPSA) is 59.8 Å². The van der Waals surface area contributed by atoms with Crippen LogP contribution in [0.4, 0.5) is 0 Å². The lowest BCUT2D eigenvalue weighted by atomic mass is 10.1. The molecule has 1 amide bonds. The van der Waals surface area contributed by atoms with Gasteiger partial charge in [0.25, 0.3) is 0 Å². The van der Waals surface area contributed by atoms with E-state index in [1.165, 1.54) is 11.8 Å². The van der Waals surface area contributed by atoms with Gasteiger partial charge in [0.15, 0.2) is 11.0 Å². The van der Waals surface area contributed by atoms with Crippen molar-refractivity contribution >= 4 is 40.9 Å². The van der Waals surface area contributed by atoms with E-state index in [4.69, 9.17) is 23.2 Å². The van der Waals surface area contributed by atoms with Crippen molar-refractivity contribution in [3.8, 4) is 11.4 Å². The van der Waals surface area contributed by atoms with Crippen molar-refractivity contribution in [1.82, 2.24) is 20.1 Å². The fraction of sp³-hybridized carbons (Fsp3) is 0.227. The van der Waals surface area contributed by atoms with Crippen LogP contribution in [0.15, 0.2) is 66.3 Å². The van der Waals surface area contributed by atoms with Crippen molar-refractivity contribution in [3.05, 3.63) is 76.8 Å². The van der Waals surface area contributed by atoms with E-state index in [0.717, 1.165) is 24.0 Å². The van der Waals surface area contributed by atoms with Gasteiger partial charge in [-0.15, -0.1) is 16.8 Å². The molecule has 1 aliphatic rings. The summed E-state index contributed by atoms with van der Waals surface area (Å²) in [6, 6.07) is 15.2.